The Kier molecular flexibility index (Phi) is 3.19. The molecule has 1 heterocycles. The largest absolute Gasteiger partial charge is 0.461 e. The highest BCUT2D eigenvalue weighted by Crippen LogP contribution is 2.39. The van der Waals surface area contributed by atoms with Gasteiger partial charge in [0.25, 0.3) is 0 Å². The molecular formula is C12H18N2O3. The number of esters is 1. The molecule has 1 fully saturated rings. The van der Waals surface area contributed by atoms with E-state index in [2.05, 4.69) is 5.10 Å². The molecule has 0 spiro atoms. The zero-order valence-corrected chi connectivity index (χ0v) is 10.3. The van der Waals surface area contributed by atoms with Gasteiger partial charge >= 0.3 is 5.97 Å². The molecule has 0 radical (unpaired) electrons. The van der Waals surface area contributed by atoms with Crippen LogP contribution in [0.2, 0.25) is 0 Å². The Hall–Kier alpha value is -1.36. The van der Waals surface area contributed by atoms with Crippen molar-refractivity contribution in [3.63, 3.8) is 0 Å². The van der Waals surface area contributed by atoms with Gasteiger partial charge in [-0.3, -0.25) is 4.68 Å². The van der Waals surface area contributed by atoms with Crippen molar-refractivity contribution < 1.29 is 14.6 Å². The van der Waals surface area contributed by atoms with Gasteiger partial charge in [-0.2, -0.15) is 5.10 Å². The molecule has 0 aromatic carbocycles. The highest BCUT2D eigenvalue weighted by molar-refractivity contribution is 5.88. The third-order valence-corrected chi connectivity index (χ3v) is 3.06. The molecule has 1 aromatic rings. The van der Waals surface area contributed by atoms with Gasteiger partial charge in [-0.15, -0.1) is 0 Å². The quantitative estimate of drug-likeness (QED) is 0.779. The fraction of sp³-hybridized carbons (Fsp3) is 0.667. The number of rotatable bonds is 5. The van der Waals surface area contributed by atoms with Gasteiger partial charge in [0.15, 0.2) is 5.69 Å². The summed E-state index contributed by atoms with van der Waals surface area (Å²) >= 11 is 0. The standard InChI is InChI=1S/C12H18N2O3/c1-3-17-11(15)10-9(8-14(2)13-10)4-5-12(16)6-7-12/h8,16H,3-7H2,1-2H3. The lowest BCUT2D eigenvalue weighted by atomic mass is 10.1. The molecule has 1 aliphatic carbocycles. The van der Waals surface area contributed by atoms with Gasteiger partial charge in [-0.1, -0.05) is 0 Å². The van der Waals surface area contributed by atoms with Gasteiger partial charge in [-0.25, -0.2) is 4.79 Å². The second kappa shape index (κ2) is 4.49. The molecule has 1 N–H and O–H groups in total. The topological polar surface area (TPSA) is 64.3 Å². The van der Waals surface area contributed by atoms with Crippen LogP contribution in [0.25, 0.3) is 0 Å². The first-order chi connectivity index (χ1) is 8.04. The SMILES string of the molecule is CCOC(=O)c1nn(C)cc1CCC1(O)CC1. The van der Waals surface area contributed by atoms with E-state index in [-0.39, 0.29) is 5.97 Å². The summed E-state index contributed by atoms with van der Waals surface area (Å²) in [5.74, 6) is -0.383. The number of nitrogens with zero attached hydrogens (tertiary/aromatic N) is 2. The van der Waals surface area contributed by atoms with E-state index in [0.717, 1.165) is 18.4 Å². The molecule has 0 aliphatic heterocycles. The summed E-state index contributed by atoms with van der Waals surface area (Å²) < 4.78 is 6.56. The van der Waals surface area contributed by atoms with Gasteiger partial charge < -0.3 is 9.84 Å². The van der Waals surface area contributed by atoms with Crippen LogP contribution in [0.4, 0.5) is 0 Å². The highest BCUT2D eigenvalue weighted by atomic mass is 16.5. The number of ether oxygens (including phenoxy) is 1. The fourth-order valence-electron chi connectivity index (χ4n) is 1.85. The van der Waals surface area contributed by atoms with Crippen LogP contribution in [0.15, 0.2) is 6.20 Å². The summed E-state index contributed by atoms with van der Waals surface area (Å²) in [5.41, 5.74) is 0.728. The minimum Gasteiger partial charge on any atom is -0.461 e. The molecule has 94 valence electrons. The smallest absolute Gasteiger partial charge is 0.359 e. The molecule has 1 aliphatic rings. The molecule has 0 atom stereocenters. The van der Waals surface area contributed by atoms with Crippen LogP contribution in [-0.2, 0) is 18.2 Å². The molecule has 17 heavy (non-hydrogen) atoms. The Morgan fingerprint density at radius 1 is 1.65 bits per heavy atom. The van der Waals surface area contributed by atoms with Crippen molar-refractivity contribution in [2.24, 2.45) is 7.05 Å². The van der Waals surface area contributed by atoms with Crippen LogP contribution >= 0.6 is 0 Å². The van der Waals surface area contributed by atoms with E-state index < -0.39 is 5.60 Å². The van der Waals surface area contributed by atoms with Crippen molar-refractivity contribution in [3.8, 4) is 0 Å². The molecular weight excluding hydrogens is 220 g/mol. The second-order valence-corrected chi connectivity index (χ2v) is 4.62. The summed E-state index contributed by atoms with van der Waals surface area (Å²) in [7, 11) is 1.78. The third-order valence-electron chi connectivity index (χ3n) is 3.06. The number of hydrogen-bond acceptors (Lipinski definition) is 4. The minimum absolute atomic E-state index is 0.346. The maximum atomic E-state index is 11.7. The van der Waals surface area contributed by atoms with Gasteiger partial charge in [-0.05, 0) is 32.6 Å². The number of aryl methyl sites for hydroxylation is 2. The van der Waals surface area contributed by atoms with Crippen LogP contribution in [0, 0.1) is 0 Å². The Bertz CT molecular complexity index is 421. The summed E-state index contributed by atoms with van der Waals surface area (Å²) in [4.78, 5) is 11.7. The van der Waals surface area contributed by atoms with Gasteiger partial charge in [0.2, 0.25) is 0 Å². The maximum absolute atomic E-state index is 11.7. The normalized spacial score (nSPS) is 16.9. The predicted molar refractivity (Wildman–Crippen MR) is 61.7 cm³/mol. The zero-order chi connectivity index (χ0) is 12.5. The van der Waals surface area contributed by atoms with Crippen LogP contribution in [0.1, 0.15) is 42.2 Å². The maximum Gasteiger partial charge on any atom is 0.359 e. The molecule has 5 heteroatoms. The van der Waals surface area contributed by atoms with Crippen molar-refractivity contribution in [1.82, 2.24) is 9.78 Å². The van der Waals surface area contributed by atoms with E-state index in [9.17, 15) is 9.90 Å². The van der Waals surface area contributed by atoms with Crippen molar-refractivity contribution >= 4 is 5.97 Å². The lowest BCUT2D eigenvalue weighted by Gasteiger charge is -2.06. The van der Waals surface area contributed by atoms with E-state index >= 15 is 0 Å². The second-order valence-electron chi connectivity index (χ2n) is 4.62. The van der Waals surface area contributed by atoms with Crippen molar-refractivity contribution in [2.45, 2.75) is 38.2 Å². The molecule has 5 nitrogen and oxygen atoms in total. The highest BCUT2D eigenvalue weighted by Gasteiger charge is 2.39. The van der Waals surface area contributed by atoms with E-state index in [1.54, 1.807) is 18.7 Å². The van der Waals surface area contributed by atoms with E-state index in [0.29, 0.717) is 25.1 Å². The Balaban J connectivity index is 2.06. The van der Waals surface area contributed by atoms with E-state index in [1.807, 2.05) is 6.20 Å². The van der Waals surface area contributed by atoms with Crippen molar-refractivity contribution in [1.29, 1.82) is 0 Å². The van der Waals surface area contributed by atoms with Crippen molar-refractivity contribution in [2.75, 3.05) is 6.61 Å². The van der Waals surface area contributed by atoms with Crippen LogP contribution < -0.4 is 0 Å². The average molecular weight is 238 g/mol. The summed E-state index contributed by atoms with van der Waals surface area (Å²) in [6.07, 6.45) is 4.89. The first-order valence-electron chi connectivity index (χ1n) is 5.96. The Labute approximate surface area is 100 Å². The number of aromatic nitrogens is 2. The molecule has 0 saturated heterocycles. The molecule has 2 rings (SSSR count). The number of carbonyl (C=O) groups is 1. The molecule has 1 aromatic heterocycles. The Morgan fingerprint density at radius 3 is 2.94 bits per heavy atom. The van der Waals surface area contributed by atoms with E-state index in [4.69, 9.17) is 4.74 Å². The van der Waals surface area contributed by atoms with Crippen LogP contribution in [-0.4, -0.2) is 33.1 Å². The van der Waals surface area contributed by atoms with E-state index in [1.165, 1.54) is 0 Å². The minimum atomic E-state index is -0.498. The molecule has 0 unspecified atom stereocenters. The third kappa shape index (κ3) is 2.85. The molecule has 1 saturated carbocycles. The van der Waals surface area contributed by atoms with Gasteiger partial charge in [0.1, 0.15) is 0 Å². The van der Waals surface area contributed by atoms with Crippen LogP contribution in [0.5, 0.6) is 0 Å². The monoisotopic (exact) mass is 238 g/mol. The fourth-order valence-corrected chi connectivity index (χ4v) is 1.85. The molecule has 0 amide bonds. The number of hydrogen-bond donors (Lipinski definition) is 1. The van der Waals surface area contributed by atoms with Gasteiger partial charge in [0.05, 0.1) is 12.2 Å². The van der Waals surface area contributed by atoms with Crippen LogP contribution in [0.3, 0.4) is 0 Å². The lowest BCUT2D eigenvalue weighted by molar-refractivity contribution is 0.0516. The zero-order valence-electron chi connectivity index (χ0n) is 10.3. The average Bonchev–Trinajstić information content (AvgIpc) is 2.88. The van der Waals surface area contributed by atoms with Crippen molar-refractivity contribution in [3.05, 3.63) is 17.5 Å². The molecule has 0 bridgehead atoms. The van der Waals surface area contributed by atoms with Gasteiger partial charge in [0, 0.05) is 18.8 Å². The lowest BCUT2D eigenvalue weighted by Crippen LogP contribution is -2.11. The Morgan fingerprint density at radius 2 is 2.35 bits per heavy atom. The predicted octanol–water partition coefficient (Wildman–Crippen LogP) is 1.05. The first kappa shape index (κ1) is 12.1. The first-order valence-corrected chi connectivity index (χ1v) is 5.96. The number of aliphatic hydroxyl groups is 1. The summed E-state index contributed by atoms with van der Waals surface area (Å²) in [6.45, 7) is 2.12. The summed E-state index contributed by atoms with van der Waals surface area (Å²) in [6, 6.07) is 0. The summed E-state index contributed by atoms with van der Waals surface area (Å²) in [5, 5.41) is 13.9. The number of carbonyl (C=O) groups excluding carboxylic acids is 1.